The number of H-pyrrole nitrogens is 1. The largest absolute Gasteiger partial charge is 0.426 e. The molecule has 1 aliphatic heterocycles. The first-order valence-electron chi connectivity index (χ1n) is 9.07. The summed E-state index contributed by atoms with van der Waals surface area (Å²) in [5.74, 6) is 0.330. The minimum Gasteiger partial charge on any atom is -0.418 e. The highest BCUT2D eigenvalue weighted by Gasteiger charge is 2.32. The van der Waals surface area contributed by atoms with Gasteiger partial charge in [-0.3, -0.25) is 4.79 Å². The third kappa shape index (κ3) is 4.13. The molecular weight excluding hydrogens is 372 g/mol. The van der Waals surface area contributed by atoms with E-state index < -0.39 is 6.09 Å². The number of carbonyl (C=O) groups excluding carboxylic acids is 2. The van der Waals surface area contributed by atoms with Gasteiger partial charge in [0, 0.05) is 17.8 Å². The molecule has 0 spiro atoms. The van der Waals surface area contributed by atoms with Crippen LogP contribution in [0.3, 0.4) is 0 Å². The van der Waals surface area contributed by atoms with Crippen LogP contribution in [0.4, 0.5) is 16.2 Å². The van der Waals surface area contributed by atoms with Crippen LogP contribution in [0.2, 0.25) is 0 Å². The van der Waals surface area contributed by atoms with Crippen molar-refractivity contribution in [1.29, 1.82) is 0 Å². The van der Waals surface area contributed by atoms with Gasteiger partial charge < -0.3 is 10.1 Å². The minimum atomic E-state index is -0.693. The van der Waals surface area contributed by atoms with E-state index >= 15 is 0 Å². The number of imide groups is 1. The molecule has 2 amide bonds. The van der Waals surface area contributed by atoms with Gasteiger partial charge in [0.05, 0.1) is 18.4 Å². The second-order valence-electron chi connectivity index (χ2n) is 6.33. The van der Waals surface area contributed by atoms with Crippen molar-refractivity contribution in [2.45, 2.75) is 12.8 Å². The highest BCUT2D eigenvalue weighted by Crippen LogP contribution is 2.28. The monoisotopic (exact) mass is 390 g/mol. The number of para-hydroxylation sites is 1. The Bertz CT molecular complexity index is 1030. The molecule has 146 valence electrons. The number of aromatic amines is 1. The molecule has 0 bridgehead atoms. The molecule has 0 fully saturated rings. The second-order valence-corrected chi connectivity index (χ2v) is 6.33. The fourth-order valence-electron chi connectivity index (χ4n) is 3.01. The molecule has 3 aromatic rings. The number of benzene rings is 2. The van der Waals surface area contributed by atoms with Crippen LogP contribution in [0.25, 0.3) is 11.4 Å². The minimum absolute atomic E-state index is 0.213. The number of nitrogens with zero attached hydrogens (tertiary/aromatic N) is 4. The zero-order valence-corrected chi connectivity index (χ0v) is 15.4. The normalized spacial score (nSPS) is 13.0. The number of nitrogens with one attached hydrogen (secondary N) is 2. The highest BCUT2D eigenvalue weighted by atomic mass is 16.5. The number of hydrogen-bond acceptors (Lipinski definition) is 7. The average molecular weight is 390 g/mol. The van der Waals surface area contributed by atoms with E-state index in [2.05, 4.69) is 25.9 Å². The van der Waals surface area contributed by atoms with Crippen LogP contribution in [0.1, 0.15) is 12.0 Å². The number of anilines is 2. The van der Waals surface area contributed by atoms with Crippen molar-refractivity contribution in [3.05, 3.63) is 66.4 Å². The van der Waals surface area contributed by atoms with Crippen LogP contribution in [0, 0.1) is 0 Å². The van der Waals surface area contributed by atoms with E-state index in [1.165, 1.54) is 6.26 Å². The summed E-state index contributed by atoms with van der Waals surface area (Å²) in [4.78, 5) is 25.3. The number of amides is 2. The van der Waals surface area contributed by atoms with Crippen molar-refractivity contribution >= 4 is 23.4 Å². The Morgan fingerprint density at radius 1 is 1.21 bits per heavy atom. The summed E-state index contributed by atoms with van der Waals surface area (Å²) < 4.78 is 5.10. The lowest BCUT2D eigenvalue weighted by Gasteiger charge is -2.13. The molecule has 2 aromatic carbocycles. The zero-order chi connectivity index (χ0) is 20.1. The first-order valence-corrected chi connectivity index (χ1v) is 9.07. The summed E-state index contributed by atoms with van der Waals surface area (Å²) in [5, 5.41) is 16.9. The van der Waals surface area contributed by atoms with Gasteiger partial charge in [-0.05, 0) is 58.8 Å². The van der Waals surface area contributed by atoms with Gasteiger partial charge in [-0.15, -0.1) is 5.10 Å². The number of fused-ring (bicyclic) bond motifs is 1. The molecule has 2 heterocycles. The maximum absolute atomic E-state index is 12.2. The first-order chi connectivity index (χ1) is 14.2. The number of hydrogen-bond donors (Lipinski definition) is 2. The van der Waals surface area contributed by atoms with E-state index in [1.807, 2.05) is 36.4 Å². The van der Waals surface area contributed by atoms with E-state index in [9.17, 15) is 9.59 Å². The van der Waals surface area contributed by atoms with Gasteiger partial charge in [0.15, 0.2) is 5.82 Å². The Morgan fingerprint density at radius 3 is 2.83 bits per heavy atom. The Hall–Kier alpha value is -4.01. The van der Waals surface area contributed by atoms with Crippen LogP contribution in [0.5, 0.6) is 0 Å². The van der Waals surface area contributed by atoms with Crippen molar-refractivity contribution < 1.29 is 14.3 Å². The van der Waals surface area contributed by atoms with Crippen LogP contribution < -0.4 is 10.2 Å². The van der Waals surface area contributed by atoms with Crippen LogP contribution >= 0.6 is 0 Å². The number of ether oxygens (including phenoxy) is 1. The smallest absolute Gasteiger partial charge is 0.418 e. The van der Waals surface area contributed by atoms with Gasteiger partial charge in [0.1, 0.15) is 0 Å². The third-order valence-electron chi connectivity index (χ3n) is 4.42. The van der Waals surface area contributed by atoms with Crippen LogP contribution in [-0.2, 0) is 16.0 Å². The molecule has 0 unspecified atom stereocenters. The van der Waals surface area contributed by atoms with E-state index in [0.717, 1.165) is 21.7 Å². The van der Waals surface area contributed by atoms with Crippen molar-refractivity contribution in [2.24, 2.45) is 0 Å². The Balaban J connectivity index is 1.22. The standard InChI is InChI=1S/C20H18N6O3/c27-18-13-15-5-1-2-6-17(15)26(18)20(28)29-12-4-3-11-21-16-9-7-14(8-10-16)19-22-24-25-23-19/h1-2,4-10,12,21H,3,11,13H2,(H,22,23,24,25). The summed E-state index contributed by atoms with van der Waals surface area (Å²) in [6, 6.07) is 14.9. The summed E-state index contributed by atoms with van der Waals surface area (Å²) in [6.07, 6.45) is 3.21. The van der Waals surface area contributed by atoms with Crippen molar-refractivity contribution in [3.63, 3.8) is 0 Å². The summed E-state index contributed by atoms with van der Waals surface area (Å²) >= 11 is 0. The lowest BCUT2D eigenvalue weighted by molar-refractivity contribution is -0.116. The van der Waals surface area contributed by atoms with E-state index in [4.69, 9.17) is 4.74 Å². The molecule has 0 saturated carbocycles. The first kappa shape index (κ1) is 18.4. The highest BCUT2D eigenvalue weighted by molar-refractivity contribution is 6.17. The van der Waals surface area contributed by atoms with Crippen LogP contribution in [-0.4, -0.2) is 39.2 Å². The van der Waals surface area contributed by atoms with Crippen molar-refractivity contribution in [3.8, 4) is 11.4 Å². The topological polar surface area (TPSA) is 113 Å². The average Bonchev–Trinajstić information content (AvgIpc) is 3.38. The fourth-order valence-corrected chi connectivity index (χ4v) is 3.01. The van der Waals surface area contributed by atoms with Gasteiger partial charge in [-0.25, -0.2) is 14.8 Å². The zero-order valence-electron chi connectivity index (χ0n) is 15.4. The number of tetrazole rings is 1. The van der Waals surface area contributed by atoms with Gasteiger partial charge >= 0.3 is 6.09 Å². The quantitative estimate of drug-likeness (QED) is 0.491. The molecular formula is C20H18N6O3. The maximum atomic E-state index is 12.2. The number of aromatic nitrogens is 4. The molecule has 0 saturated heterocycles. The lowest BCUT2D eigenvalue weighted by Crippen LogP contribution is -2.33. The van der Waals surface area contributed by atoms with E-state index in [1.54, 1.807) is 18.2 Å². The molecule has 9 heteroatoms. The second kappa shape index (κ2) is 8.34. The molecule has 0 aliphatic carbocycles. The van der Waals surface area contributed by atoms with Crippen molar-refractivity contribution in [1.82, 2.24) is 20.6 Å². The predicted octanol–water partition coefficient (Wildman–Crippen LogP) is 2.91. The fraction of sp³-hybridized carbons (Fsp3) is 0.150. The van der Waals surface area contributed by atoms with Crippen molar-refractivity contribution in [2.75, 3.05) is 16.8 Å². The Labute approximate surface area is 166 Å². The SMILES string of the molecule is O=C1Cc2ccccc2N1C(=O)OC=CCCNc1ccc(-c2nnn[nH]2)cc1. The van der Waals surface area contributed by atoms with Gasteiger partial charge in [-0.1, -0.05) is 18.2 Å². The lowest BCUT2D eigenvalue weighted by atomic mass is 10.2. The molecule has 0 atom stereocenters. The number of carbonyl (C=O) groups is 2. The molecule has 9 nitrogen and oxygen atoms in total. The summed E-state index contributed by atoms with van der Waals surface area (Å²) in [5.41, 5.74) is 3.26. The van der Waals surface area contributed by atoms with Gasteiger partial charge in [-0.2, -0.15) is 0 Å². The molecule has 1 aromatic heterocycles. The summed E-state index contributed by atoms with van der Waals surface area (Å²) in [7, 11) is 0. The molecule has 29 heavy (non-hydrogen) atoms. The van der Waals surface area contributed by atoms with E-state index in [0.29, 0.717) is 24.5 Å². The van der Waals surface area contributed by atoms with Gasteiger partial charge in [0.2, 0.25) is 5.91 Å². The molecule has 1 aliphatic rings. The molecule has 2 N–H and O–H groups in total. The number of rotatable bonds is 6. The molecule has 0 radical (unpaired) electrons. The maximum Gasteiger partial charge on any atom is 0.426 e. The summed E-state index contributed by atoms with van der Waals surface area (Å²) in [6.45, 7) is 0.655. The predicted molar refractivity (Wildman–Crippen MR) is 106 cm³/mol. The Kier molecular flexibility index (Phi) is 5.28. The van der Waals surface area contributed by atoms with Gasteiger partial charge in [0.25, 0.3) is 0 Å². The Morgan fingerprint density at radius 2 is 2.03 bits per heavy atom. The van der Waals surface area contributed by atoms with Crippen LogP contribution in [0.15, 0.2) is 60.9 Å². The molecule has 4 rings (SSSR count). The van der Waals surface area contributed by atoms with E-state index in [-0.39, 0.29) is 12.3 Å². The third-order valence-corrected chi connectivity index (χ3v) is 4.42.